The van der Waals surface area contributed by atoms with Gasteiger partial charge in [-0.25, -0.2) is 18.6 Å². The smallest absolute Gasteiger partial charge is 0.319 e. The van der Waals surface area contributed by atoms with E-state index in [9.17, 15) is 13.9 Å². The fourth-order valence-electron chi connectivity index (χ4n) is 7.13. The van der Waals surface area contributed by atoms with Crippen LogP contribution in [-0.2, 0) is 0 Å². The second-order valence-corrected chi connectivity index (χ2v) is 12.3. The van der Waals surface area contributed by atoms with Crippen LogP contribution in [0.1, 0.15) is 44.1 Å². The summed E-state index contributed by atoms with van der Waals surface area (Å²) in [6, 6.07) is 6.96. The Balaban J connectivity index is 1.41. The second-order valence-electron chi connectivity index (χ2n) is 11.9. The number of aromatic hydroxyl groups is 1. The molecule has 228 valence electrons. The summed E-state index contributed by atoms with van der Waals surface area (Å²) in [4.78, 5) is 11.4. The number of benzene rings is 3. The number of nitrogens with one attached hydrogen (secondary N) is 1. The highest BCUT2D eigenvalue weighted by atomic mass is 35.5. The maximum absolute atomic E-state index is 16.9. The monoisotopic (exact) mass is 621 g/mol. The molecular formula is C33H31ClF3N5O2. The van der Waals surface area contributed by atoms with Crippen molar-refractivity contribution in [1.29, 1.82) is 0 Å². The molecule has 0 radical (unpaired) electrons. The Kier molecular flexibility index (Phi) is 7.43. The fourth-order valence-corrected chi connectivity index (χ4v) is 7.43. The van der Waals surface area contributed by atoms with E-state index in [4.69, 9.17) is 27.7 Å². The third-order valence-corrected chi connectivity index (χ3v) is 9.45. The Morgan fingerprint density at radius 2 is 2.00 bits per heavy atom. The molecule has 1 aromatic heterocycles. The molecule has 2 atom stereocenters. The van der Waals surface area contributed by atoms with Crippen LogP contribution < -0.4 is 15.2 Å². The number of phenolic OH excluding ortho intramolecular Hbond substituents is 1. The molecule has 0 unspecified atom stereocenters. The first-order valence-electron chi connectivity index (χ1n) is 14.9. The van der Waals surface area contributed by atoms with E-state index < -0.39 is 23.3 Å². The number of aromatic nitrogens is 2. The number of hydrazine groups is 1. The van der Waals surface area contributed by atoms with Crippen molar-refractivity contribution < 1.29 is 23.0 Å². The Bertz CT molecular complexity index is 1820. The van der Waals surface area contributed by atoms with Gasteiger partial charge >= 0.3 is 6.01 Å². The van der Waals surface area contributed by atoms with Crippen LogP contribution in [0.2, 0.25) is 5.02 Å². The zero-order chi connectivity index (χ0) is 30.6. The van der Waals surface area contributed by atoms with E-state index in [0.717, 1.165) is 38.6 Å². The van der Waals surface area contributed by atoms with Gasteiger partial charge in [0, 0.05) is 42.4 Å². The highest BCUT2D eigenvalue weighted by Crippen LogP contribution is 2.44. The van der Waals surface area contributed by atoms with Crippen LogP contribution in [0.15, 0.2) is 30.3 Å². The number of rotatable bonds is 5. The van der Waals surface area contributed by atoms with Gasteiger partial charge in [0.15, 0.2) is 11.6 Å². The Hall–Kier alpha value is -3.78. The highest BCUT2D eigenvalue weighted by Gasteiger charge is 2.49. The Morgan fingerprint density at radius 3 is 2.84 bits per heavy atom. The van der Waals surface area contributed by atoms with Crippen LogP contribution in [0.4, 0.5) is 19.0 Å². The van der Waals surface area contributed by atoms with Crippen molar-refractivity contribution in [3.63, 3.8) is 0 Å². The summed E-state index contributed by atoms with van der Waals surface area (Å²) in [6.45, 7) is 2.69. The van der Waals surface area contributed by atoms with E-state index in [1.807, 2.05) is 5.01 Å². The van der Waals surface area contributed by atoms with Crippen LogP contribution in [0.3, 0.4) is 0 Å². The van der Waals surface area contributed by atoms with Crippen molar-refractivity contribution in [2.75, 3.05) is 37.8 Å². The van der Waals surface area contributed by atoms with Gasteiger partial charge in [0.1, 0.15) is 29.9 Å². The van der Waals surface area contributed by atoms with Gasteiger partial charge in [0.25, 0.3) is 0 Å². The van der Waals surface area contributed by atoms with E-state index in [-0.39, 0.29) is 51.0 Å². The number of anilines is 1. The largest absolute Gasteiger partial charge is 0.508 e. The minimum Gasteiger partial charge on any atom is -0.508 e. The lowest BCUT2D eigenvalue weighted by molar-refractivity contribution is 0.107. The van der Waals surface area contributed by atoms with Crippen LogP contribution >= 0.6 is 11.6 Å². The molecule has 11 heteroatoms. The van der Waals surface area contributed by atoms with Crippen LogP contribution in [0.5, 0.6) is 11.8 Å². The molecule has 7 rings (SSSR count). The number of halogens is 4. The number of phenols is 1. The molecule has 3 aromatic carbocycles. The van der Waals surface area contributed by atoms with E-state index in [1.165, 1.54) is 24.3 Å². The number of hydrogen-bond donors (Lipinski definition) is 2. The standard InChI is InChI=1S/C33H31ClF3N5O2/c1-2-22-26(36)8-7-19-13-21(43)14-23(27(19)22)28-25(34)15-24-30(29(28)37)39-32(40-31(24)42-12-5-3-4-10-38-42)44-18-33-9-6-11-41(33)17-20(35)16-33/h1,7-8,13-15,20,38,43H,3-6,9-12,16-18H2/t20-,33+/m1/s1. The van der Waals surface area contributed by atoms with Gasteiger partial charge in [-0.3, -0.25) is 9.91 Å². The van der Waals surface area contributed by atoms with Gasteiger partial charge in [-0.15, -0.1) is 6.42 Å². The van der Waals surface area contributed by atoms with Crippen molar-refractivity contribution >= 4 is 39.1 Å². The number of ether oxygens (including phenoxy) is 1. The number of fused-ring (bicyclic) bond motifs is 3. The average molecular weight is 622 g/mol. The van der Waals surface area contributed by atoms with Crippen molar-refractivity contribution in [1.82, 2.24) is 20.3 Å². The molecule has 0 amide bonds. The molecule has 3 aliphatic rings. The zero-order valence-corrected chi connectivity index (χ0v) is 24.7. The van der Waals surface area contributed by atoms with Crippen LogP contribution in [0.25, 0.3) is 32.8 Å². The van der Waals surface area contributed by atoms with Gasteiger partial charge in [-0.1, -0.05) is 30.0 Å². The predicted molar refractivity (Wildman–Crippen MR) is 165 cm³/mol. The van der Waals surface area contributed by atoms with E-state index >= 15 is 4.39 Å². The summed E-state index contributed by atoms with van der Waals surface area (Å²) in [5.74, 6) is 1.16. The second kappa shape index (κ2) is 11.3. The molecule has 44 heavy (non-hydrogen) atoms. The summed E-state index contributed by atoms with van der Waals surface area (Å²) in [7, 11) is 0. The van der Waals surface area contributed by atoms with Gasteiger partial charge in [0.05, 0.1) is 16.1 Å². The van der Waals surface area contributed by atoms with Gasteiger partial charge in [-0.2, -0.15) is 9.97 Å². The average Bonchev–Trinajstić information content (AvgIpc) is 3.38. The minimum absolute atomic E-state index is 0.0166. The van der Waals surface area contributed by atoms with E-state index in [2.05, 4.69) is 21.2 Å². The van der Waals surface area contributed by atoms with Gasteiger partial charge in [-0.05, 0) is 67.4 Å². The van der Waals surface area contributed by atoms with Crippen molar-refractivity contribution in [3.8, 4) is 35.2 Å². The van der Waals surface area contributed by atoms with Crippen molar-refractivity contribution in [2.24, 2.45) is 0 Å². The zero-order valence-electron chi connectivity index (χ0n) is 24.0. The van der Waals surface area contributed by atoms with Gasteiger partial charge < -0.3 is 9.84 Å². The molecule has 3 saturated heterocycles. The van der Waals surface area contributed by atoms with Crippen LogP contribution in [0, 0.1) is 24.0 Å². The lowest BCUT2D eigenvalue weighted by atomic mass is 9.93. The Morgan fingerprint density at radius 1 is 1.14 bits per heavy atom. The Labute approximate surface area is 257 Å². The molecule has 4 aromatic rings. The van der Waals surface area contributed by atoms with Crippen molar-refractivity contribution in [3.05, 3.63) is 52.6 Å². The summed E-state index contributed by atoms with van der Waals surface area (Å²) in [6.07, 6.45) is 9.77. The highest BCUT2D eigenvalue weighted by molar-refractivity contribution is 6.35. The third kappa shape index (κ3) is 4.87. The predicted octanol–water partition coefficient (Wildman–Crippen LogP) is 6.52. The van der Waals surface area contributed by atoms with Crippen molar-refractivity contribution in [2.45, 2.75) is 50.2 Å². The third-order valence-electron chi connectivity index (χ3n) is 9.16. The first kappa shape index (κ1) is 29.0. The topological polar surface area (TPSA) is 73.8 Å². The van der Waals surface area contributed by atoms with Gasteiger partial charge in [0.2, 0.25) is 0 Å². The number of alkyl halides is 1. The number of terminal acetylenes is 1. The van der Waals surface area contributed by atoms with E-state index in [1.54, 1.807) is 6.07 Å². The molecule has 2 N–H and O–H groups in total. The van der Waals surface area contributed by atoms with E-state index in [0.29, 0.717) is 42.6 Å². The molecule has 0 aliphatic carbocycles. The lowest BCUT2D eigenvalue weighted by Crippen LogP contribution is -2.43. The first-order valence-corrected chi connectivity index (χ1v) is 15.3. The normalized spacial score (nSPS) is 22.3. The SMILES string of the molecule is C#Cc1c(F)ccc2cc(O)cc(-c3c(Cl)cc4c(N5CCCCCN5)nc(OC[C@@]56CCCN5C[C@H](F)C6)nc4c3F)c12. The summed E-state index contributed by atoms with van der Waals surface area (Å²) in [5.41, 5.74) is 2.84. The number of hydrogen-bond acceptors (Lipinski definition) is 7. The molecular weight excluding hydrogens is 591 g/mol. The minimum atomic E-state index is -0.926. The molecule has 7 nitrogen and oxygen atoms in total. The fraction of sp³-hybridized carbons (Fsp3) is 0.394. The summed E-state index contributed by atoms with van der Waals surface area (Å²) >= 11 is 6.80. The number of nitrogens with zero attached hydrogens (tertiary/aromatic N) is 4. The lowest BCUT2D eigenvalue weighted by Gasteiger charge is -2.31. The molecule has 3 fully saturated rings. The van der Waals surface area contributed by atoms with Crippen LogP contribution in [-0.4, -0.2) is 64.5 Å². The maximum Gasteiger partial charge on any atom is 0.319 e. The molecule has 0 spiro atoms. The molecule has 3 aliphatic heterocycles. The quantitative estimate of drug-likeness (QED) is 0.246. The molecule has 0 bridgehead atoms. The molecule has 0 saturated carbocycles. The maximum atomic E-state index is 16.9. The summed E-state index contributed by atoms with van der Waals surface area (Å²) in [5, 5.41) is 13.5. The first-order chi connectivity index (χ1) is 21.3. The molecule has 4 heterocycles. The summed E-state index contributed by atoms with van der Waals surface area (Å²) < 4.78 is 52.3.